The molecule has 0 bridgehead atoms. The second kappa shape index (κ2) is 9.68. The van der Waals surface area contributed by atoms with Crippen LogP contribution in [0, 0.1) is 0 Å². The number of rotatable bonds is 7. The zero-order valence-corrected chi connectivity index (χ0v) is 16.7. The van der Waals surface area contributed by atoms with Crippen LogP contribution in [-0.2, 0) is 26.2 Å². The van der Waals surface area contributed by atoms with Gasteiger partial charge in [0.2, 0.25) is 10.0 Å². The molecule has 10 heteroatoms. The summed E-state index contributed by atoms with van der Waals surface area (Å²) in [4.78, 5) is 25.9. The fourth-order valence-electron chi connectivity index (χ4n) is 3.00. The highest BCUT2D eigenvalue weighted by atomic mass is 32.2. The molecule has 0 radical (unpaired) electrons. The molecule has 1 aliphatic rings. The van der Waals surface area contributed by atoms with E-state index in [1.54, 1.807) is 42.5 Å². The van der Waals surface area contributed by atoms with Crippen LogP contribution in [0.4, 0.5) is 0 Å². The molecule has 1 saturated heterocycles. The first-order valence-corrected chi connectivity index (χ1v) is 10.8. The Morgan fingerprint density at radius 2 is 1.62 bits per heavy atom. The van der Waals surface area contributed by atoms with E-state index in [-0.39, 0.29) is 6.54 Å². The monoisotopic (exact) mass is 420 g/mol. The molecule has 1 fully saturated rings. The lowest BCUT2D eigenvalue weighted by Crippen LogP contribution is -2.50. The van der Waals surface area contributed by atoms with E-state index >= 15 is 0 Å². The second-order valence-corrected chi connectivity index (χ2v) is 8.51. The summed E-state index contributed by atoms with van der Waals surface area (Å²) in [6, 6.07) is 11.8. The molecule has 1 aromatic carbocycles. The Morgan fingerprint density at radius 3 is 2.28 bits per heavy atom. The van der Waals surface area contributed by atoms with Crippen molar-refractivity contribution in [2.75, 3.05) is 39.3 Å². The maximum atomic E-state index is 12.6. The lowest BCUT2D eigenvalue weighted by atomic mass is 10.3. The Bertz CT molecular complexity index is 907. The lowest BCUT2D eigenvalue weighted by molar-refractivity contribution is -0.139. The van der Waals surface area contributed by atoms with Crippen LogP contribution in [-0.4, -0.2) is 68.7 Å². The van der Waals surface area contributed by atoms with Gasteiger partial charge < -0.3 is 15.1 Å². The Kier molecular flexibility index (Phi) is 7.02. The van der Waals surface area contributed by atoms with Crippen molar-refractivity contribution in [3.63, 3.8) is 0 Å². The zero-order valence-electron chi connectivity index (χ0n) is 15.9. The molecule has 0 aliphatic carbocycles. The minimum absolute atomic E-state index is 0.150. The first kappa shape index (κ1) is 21.0. The number of benzene rings is 1. The number of carbonyl (C=O) groups is 2. The smallest absolute Gasteiger partial charge is 0.309 e. The minimum Gasteiger partial charge on any atom is -0.467 e. The molecule has 2 heterocycles. The van der Waals surface area contributed by atoms with Crippen molar-refractivity contribution in [3.05, 3.63) is 54.5 Å². The summed E-state index contributed by atoms with van der Waals surface area (Å²) in [5.74, 6) is -0.864. The van der Waals surface area contributed by atoms with Crippen LogP contribution in [0.25, 0.3) is 0 Å². The average Bonchev–Trinajstić information content (AvgIpc) is 3.26. The summed E-state index contributed by atoms with van der Waals surface area (Å²) in [6.45, 7) is 2.88. The summed E-state index contributed by atoms with van der Waals surface area (Å²) < 4.78 is 31.8. The molecule has 0 unspecified atom stereocenters. The van der Waals surface area contributed by atoms with Crippen LogP contribution in [0.3, 0.4) is 0 Å². The van der Waals surface area contributed by atoms with Crippen LogP contribution < -0.4 is 10.6 Å². The van der Waals surface area contributed by atoms with Gasteiger partial charge in [-0.2, -0.15) is 4.31 Å². The standard InChI is InChI=1S/C19H24N4O5S/c24-18(19(25)21-15-16-5-4-14-28-16)20-8-9-22-10-12-23(13-11-22)29(26,27)17-6-2-1-3-7-17/h1-7,14H,8-13,15H2,(H,20,24)(H,21,25). The number of sulfonamides is 1. The number of amides is 2. The molecule has 0 atom stereocenters. The van der Waals surface area contributed by atoms with E-state index in [0.29, 0.717) is 49.9 Å². The van der Waals surface area contributed by atoms with Gasteiger partial charge in [0.25, 0.3) is 0 Å². The first-order valence-electron chi connectivity index (χ1n) is 9.33. The molecular formula is C19H24N4O5S. The van der Waals surface area contributed by atoms with Crippen molar-refractivity contribution in [2.24, 2.45) is 0 Å². The highest BCUT2D eigenvalue weighted by Gasteiger charge is 2.28. The average molecular weight is 420 g/mol. The topological polar surface area (TPSA) is 112 Å². The van der Waals surface area contributed by atoms with Crippen molar-refractivity contribution < 1.29 is 22.4 Å². The predicted octanol–water partition coefficient (Wildman–Crippen LogP) is 0.0185. The van der Waals surface area contributed by atoms with Gasteiger partial charge >= 0.3 is 11.8 Å². The second-order valence-electron chi connectivity index (χ2n) is 6.58. The van der Waals surface area contributed by atoms with Crippen molar-refractivity contribution in [1.82, 2.24) is 19.8 Å². The molecule has 2 aromatic rings. The van der Waals surface area contributed by atoms with Gasteiger partial charge in [0.1, 0.15) is 5.76 Å². The van der Waals surface area contributed by atoms with E-state index in [9.17, 15) is 18.0 Å². The van der Waals surface area contributed by atoms with Crippen molar-refractivity contribution in [3.8, 4) is 0 Å². The van der Waals surface area contributed by atoms with E-state index in [1.165, 1.54) is 10.6 Å². The lowest BCUT2D eigenvalue weighted by Gasteiger charge is -2.33. The van der Waals surface area contributed by atoms with Crippen LogP contribution in [0.15, 0.2) is 58.0 Å². The van der Waals surface area contributed by atoms with Crippen LogP contribution in [0.2, 0.25) is 0 Å². The number of nitrogens with one attached hydrogen (secondary N) is 2. The Labute approximate surface area is 169 Å². The molecule has 1 aliphatic heterocycles. The van der Waals surface area contributed by atoms with Gasteiger partial charge in [0, 0.05) is 39.3 Å². The van der Waals surface area contributed by atoms with E-state index in [2.05, 4.69) is 15.5 Å². The third-order valence-corrected chi connectivity index (χ3v) is 6.55. The third kappa shape index (κ3) is 5.66. The Morgan fingerprint density at radius 1 is 0.931 bits per heavy atom. The molecule has 2 amide bonds. The number of hydrogen-bond acceptors (Lipinski definition) is 6. The molecular weight excluding hydrogens is 396 g/mol. The molecule has 3 rings (SSSR count). The molecule has 29 heavy (non-hydrogen) atoms. The van der Waals surface area contributed by atoms with Crippen molar-refractivity contribution in [1.29, 1.82) is 0 Å². The summed E-state index contributed by atoms with van der Waals surface area (Å²) >= 11 is 0. The number of hydrogen-bond donors (Lipinski definition) is 2. The largest absolute Gasteiger partial charge is 0.467 e. The van der Waals surface area contributed by atoms with Gasteiger partial charge in [-0.25, -0.2) is 8.42 Å². The number of carbonyl (C=O) groups excluding carboxylic acids is 2. The predicted molar refractivity (Wildman–Crippen MR) is 105 cm³/mol. The molecule has 0 spiro atoms. The van der Waals surface area contributed by atoms with Gasteiger partial charge in [0.05, 0.1) is 17.7 Å². The summed E-state index contributed by atoms with van der Waals surface area (Å²) in [5, 5.41) is 5.05. The van der Waals surface area contributed by atoms with E-state index in [4.69, 9.17) is 4.42 Å². The highest BCUT2D eigenvalue weighted by molar-refractivity contribution is 7.89. The number of furan rings is 1. The first-order chi connectivity index (χ1) is 14.0. The fourth-order valence-corrected chi connectivity index (χ4v) is 4.45. The van der Waals surface area contributed by atoms with Crippen LogP contribution in [0.5, 0.6) is 0 Å². The SMILES string of the molecule is O=C(NCCN1CCN(S(=O)(=O)c2ccccc2)CC1)C(=O)NCc1ccco1. The molecule has 0 saturated carbocycles. The molecule has 156 valence electrons. The Balaban J connectivity index is 1.36. The van der Waals surface area contributed by atoms with Crippen LogP contribution in [0.1, 0.15) is 5.76 Å². The van der Waals surface area contributed by atoms with Gasteiger partial charge in [-0.15, -0.1) is 0 Å². The zero-order chi connectivity index (χ0) is 20.7. The van der Waals surface area contributed by atoms with Crippen molar-refractivity contribution >= 4 is 21.8 Å². The summed E-state index contributed by atoms with van der Waals surface area (Å²) in [7, 11) is -3.48. The van der Waals surface area contributed by atoms with Gasteiger partial charge in [0.15, 0.2) is 0 Å². The highest BCUT2D eigenvalue weighted by Crippen LogP contribution is 2.16. The minimum atomic E-state index is -3.48. The molecule has 9 nitrogen and oxygen atoms in total. The van der Waals surface area contributed by atoms with E-state index in [1.807, 2.05) is 0 Å². The molecule has 1 aromatic heterocycles. The molecule has 2 N–H and O–H groups in total. The normalized spacial score (nSPS) is 15.7. The maximum absolute atomic E-state index is 12.6. The summed E-state index contributed by atoms with van der Waals surface area (Å²) in [6.07, 6.45) is 1.49. The van der Waals surface area contributed by atoms with Gasteiger partial charge in [-0.05, 0) is 24.3 Å². The number of piperazine rings is 1. The fraction of sp³-hybridized carbons (Fsp3) is 0.368. The summed E-state index contributed by atoms with van der Waals surface area (Å²) in [5.41, 5.74) is 0. The van der Waals surface area contributed by atoms with Gasteiger partial charge in [-0.3, -0.25) is 14.5 Å². The van der Waals surface area contributed by atoms with Crippen molar-refractivity contribution in [2.45, 2.75) is 11.4 Å². The van der Waals surface area contributed by atoms with Gasteiger partial charge in [-0.1, -0.05) is 18.2 Å². The number of nitrogens with zero attached hydrogens (tertiary/aromatic N) is 2. The Hall–Kier alpha value is -2.69. The quantitative estimate of drug-likeness (QED) is 0.611. The maximum Gasteiger partial charge on any atom is 0.309 e. The third-order valence-electron chi connectivity index (χ3n) is 4.64. The van der Waals surface area contributed by atoms with Crippen LogP contribution >= 0.6 is 0 Å². The van der Waals surface area contributed by atoms with E-state index < -0.39 is 21.8 Å². The van der Waals surface area contributed by atoms with E-state index in [0.717, 1.165) is 0 Å².